The first-order valence-electron chi connectivity index (χ1n) is 7.99. The van der Waals surface area contributed by atoms with Crippen LogP contribution in [0.15, 0.2) is 0 Å². The maximum Gasteiger partial charge on any atom is 0.186 e. The van der Waals surface area contributed by atoms with Crippen LogP contribution in [-0.2, 0) is 9.47 Å². The van der Waals surface area contributed by atoms with E-state index < -0.39 is 37.3 Å². The summed E-state index contributed by atoms with van der Waals surface area (Å²) in [6.07, 6.45) is -1.80. The molecule has 0 aliphatic carbocycles. The highest BCUT2D eigenvalue weighted by Gasteiger charge is 2.43. The molecule has 1 fully saturated rings. The number of nitrogens with zero attached hydrogens (tertiary/aromatic N) is 1. The Morgan fingerprint density at radius 2 is 1.55 bits per heavy atom. The van der Waals surface area contributed by atoms with Crippen molar-refractivity contribution >= 4 is 0 Å². The van der Waals surface area contributed by atoms with Crippen LogP contribution in [0, 0.1) is 0 Å². The average molecular weight is 322 g/mol. The summed E-state index contributed by atoms with van der Waals surface area (Å²) in [4.78, 5) is 0. The summed E-state index contributed by atoms with van der Waals surface area (Å²) in [5.41, 5.74) is 0. The first-order valence-corrected chi connectivity index (χ1v) is 7.99. The lowest BCUT2D eigenvalue weighted by Gasteiger charge is -2.39. The molecule has 0 aromatic rings. The smallest absolute Gasteiger partial charge is 0.186 e. The number of hydrogen-bond donors (Lipinski definition) is 4. The summed E-state index contributed by atoms with van der Waals surface area (Å²) in [6.45, 7) is 1.11. The van der Waals surface area contributed by atoms with Gasteiger partial charge in [0.15, 0.2) is 6.29 Å². The SMILES string of the molecule is C[N+](C)(C)CCCCCCO[C@H]1O[C@H](CO)[C@@H](O)[C@H](O)[C@H]1O. The van der Waals surface area contributed by atoms with Gasteiger partial charge in [-0.2, -0.15) is 0 Å². The molecule has 0 radical (unpaired) electrons. The molecule has 0 saturated carbocycles. The Hall–Kier alpha value is -0.280. The van der Waals surface area contributed by atoms with Crippen LogP contribution in [0.5, 0.6) is 0 Å². The third-order valence-electron chi connectivity index (χ3n) is 3.85. The molecule has 7 nitrogen and oxygen atoms in total. The predicted octanol–water partition coefficient (Wildman–Crippen LogP) is -0.930. The number of unbranched alkanes of at least 4 members (excludes halogenated alkanes) is 3. The molecule has 0 bridgehead atoms. The molecule has 0 aromatic heterocycles. The van der Waals surface area contributed by atoms with Crippen LogP contribution in [0.25, 0.3) is 0 Å². The molecule has 1 heterocycles. The number of aliphatic hydroxyl groups excluding tert-OH is 4. The van der Waals surface area contributed by atoms with Crippen molar-refractivity contribution < 1.29 is 34.4 Å². The number of ether oxygens (including phenoxy) is 2. The van der Waals surface area contributed by atoms with E-state index >= 15 is 0 Å². The third kappa shape index (κ3) is 6.45. The second kappa shape index (κ2) is 9.12. The van der Waals surface area contributed by atoms with Gasteiger partial charge in [-0.05, 0) is 19.3 Å². The van der Waals surface area contributed by atoms with Crippen molar-refractivity contribution in [2.75, 3.05) is 40.9 Å². The Labute approximate surface area is 132 Å². The summed E-state index contributed by atoms with van der Waals surface area (Å²) < 4.78 is 11.7. The lowest BCUT2D eigenvalue weighted by molar-refractivity contribution is -0.870. The molecule has 0 spiro atoms. The monoisotopic (exact) mass is 322 g/mol. The lowest BCUT2D eigenvalue weighted by Crippen LogP contribution is -2.59. The van der Waals surface area contributed by atoms with Crippen molar-refractivity contribution in [1.82, 2.24) is 0 Å². The highest BCUT2D eigenvalue weighted by atomic mass is 16.7. The molecule has 1 aliphatic heterocycles. The quantitative estimate of drug-likeness (QED) is 0.323. The van der Waals surface area contributed by atoms with E-state index in [9.17, 15) is 15.3 Å². The van der Waals surface area contributed by atoms with Gasteiger partial charge in [-0.25, -0.2) is 0 Å². The van der Waals surface area contributed by atoms with Gasteiger partial charge in [0.1, 0.15) is 24.4 Å². The van der Waals surface area contributed by atoms with Crippen molar-refractivity contribution in [3.63, 3.8) is 0 Å². The number of quaternary nitrogens is 1. The first kappa shape index (κ1) is 19.8. The van der Waals surface area contributed by atoms with Crippen molar-refractivity contribution in [2.45, 2.75) is 56.4 Å². The van der Waals surface area contributed by atoms with Gasteiger partial charge in [-0.15, -0.1) is 0 Å². The Balaban J connectivity index is 2.18. The zero-order valence-electron chi connectivity index (χ0n) is 13.9. The Morgan fingerprint density at radius 1 is 0.909 bits per heavy atom. The van der Waals surface area contributed by atoms with Crippen LogP contribution in [0.3, 0.4) is 0 Å². The largest absolute Gasteiger partial charge is 0.394 e. The van der Waals surface area contributed by atoms with Gasteiger partial charge in [0.2, 0.25) is 0 Å². The van der Waals surface area contributed by atoms with Crippen molar-refractivity contribution in [2.24, 2.45) is 0 Å². The standard InChI is InChI=1S/C15H32NO6/c1-16(2,3)8-6-4-5-7-9-21-15-14(20)13(19)12(18)11(10-17)22-15/h11-15,17-20H,4-10H2,1-3H3/q+1/t11-,12-,13+,14-,15+/m1/s1. The zero-order chi connectivity index (χ0) is 16.8. The molecule has 5 atom stereocenters. The normalized spacial score (nSPS) is 33.1. The zero-order valence-corrected chi connectivity index (χ0v) is 13.9. The highest BCUT2D eigenvalue weighted by molar-refractivity contribution is 4.88. The molecule has 0 aromatic carbocycles. The molecule has 1 saturated heterocycles. The number of rotatable bonds is 9. The minimum absolute atomic E-state index is 0.410. The van der Waals surface area contributed by atoms with E-state index in [1.807, 2.05) is 0 Å². The van der Waals surface area contributed by atoms with Gasteiger partial charge >= 0.3 is 0 Å². The van der Waals surface area contributed by atoms with E-state index in [0.717, 1.165) is 36.7 Å². The molecule has 1 rings (SSSR count). The fraction of sp³-hybridized carbons (Fsp3) is 1.00. The van der Waals surface area contributed by atoms with Gasteiger partial charge in [-0.3, -0.25) is 0 Å². The second-order valence-corrected chi connectivity index (χ2v) is 7.00. The molecule has 0 unspecified atom stereocenters. The molecule has 0 amide bonds. The van der Waals surface area contributed by atoms with E-state index in [-0.39, 0.29) is 0 Å². The summed E-state index contributed by atoms with van der Waals surface area (Å²) in [6, 6.07) is 0. The molecule has 4 N–H and O–H groups in total. The Bertz CT molecular complexity index is 307. The molecule has 22 heavy (non-hydrogen) atoms. The van der Waals surface area contributed by atoms with Crippen LogP contribution in [0.1, 0.15) is 25.7 Å². The Kier molecular flexibility index (Phi) is 8.20. The number of hydrogen-bond acceptors (Lipinski definition) is 6. The topological polar surface area (TPSA) is 99.4 Å². The van der Waals surface area contributed by atoms with Gasteiger partial charge in [-0.1, -0.05) is 6.42 Å². The highest BCUT2D eigenvalue weighted by Crippen LogP contribution is 2.22. The van der Waals surface area contributed by atoms with Gasteiger partial charge in [0.25, 0.3) is 0 Å². The summed E-state index contributed by atoms with van der Waals surface area (Å²) in [5, 5.41) is 38.2. The second-order valence-electron chi connectivity index (χ2n) is 7.00. The Morgan fingerprint density at radius 3 is 2.14 bits per heavy atom. The number of aliphatic hydroxyl groups is 4. The van der Waals surface area contributed by atoms with Crippen LogP contribution in [0.4, 0.5) is 0 Å². The van der Waals surface area contributed by atoms with E-state index in [4.69, 9.17) is 14.6 Å². The summed E-state index contributed by atoms with van der Waals surface area (Å²) in [7, 11) is 6.51. The fourth-order valence-electron chi connectivity index (χ4n) is 2.45. The van der Waals surface area contributed by atoms with Crippen LogP contribution in [-0.4, -0.2) is 96.5 Å². The van der Waals surface area contributed by atoms with Crippen molar-refractivity contribution in [3.8, 4) is 0 Å². The van der Waals surface area contributed by atoms with Gasteiger partial charge in [0, 0.05) is 6.61 Å². The fourth-order valence-corrected chi connectivity index (χ4v) is 2.45. The van der Waals surface area contributed by atoms with Crippen molar-refractivity contribution in [1.29, 1.82) is 0 Å². The van der Waals surface area contributed by atoms with Gasteiger partial charge < -0.3 is 34.4 Å². The summed E-state index contributed by atoms with van der Waals surface area (Å²) in [5.74, 6) is 0. The van der Waals surface area contributed by atoms with Crippen LogP contribution in [0.2, 0.25) is 0 Å². The molecular formula is C15H32NO6+. The van der Waals surface area contributed by atoms with Crippen LogP contribution < -0.4 is 0 Å². The predicted molar refractivity (Wildman–Crippen MR) is 81.1 cm³/mol. The molecule has 132 valence electrons. The average Bonchev–Trinajstić information content (AvgIpc) is 2.45. The molecular weight excluding hydrogens is 290 g/mol. The van der Waals surface area contributed by atoms with Gasteiger partial charge in [0.05, 0.1) is 34.3 Å². The summed E-state index contributed by atoms with van der Waals surface area (Å²) >= 11 is 0. The first-order chi connectivity index (χ1) is 10.3. The van der Waals surface area contributed by atoms with Crippen LogP contribution >= 0.6 is 0 Å². The lowest BCUT2D eigenvalue weighted by atomic mass is 9.99. The minimum atomic E-state index is -1.37. The molecule has 1 aliphatic rings. The maximum atomic E-state index is 9.81. The van der Waals surface area contributed by atoms with E-state index in [1.54, 1.807) is 0 Å². The van der Waals surface area contributed by atoms with Crippen molar-refractivity contribution in [3.05, 3.63) is 0 Å². The minimum Gasteiger partial charge on any atom is -0.394 e. The molecule has 7 heteroatoms. The van der Waals surface area contributed by atoms with E-state index in [0.29, 0.717) is 6.61 Å². The third-order valence-corrected chi connectivity index (χ3v) is 3.85. The van der Waals surface area contributed by atoms with E-state index in [2.05, 4.69) is 21.1 Å². The maximum absolute atomic E-state index is 9.81. The van der Waals surface area contributed by atoms with E-state index in [1.165, 1.54) is 0 Å².